The summed E-state index contributed by atoms with van der Waals surface area (Å²) in [5.74, 6) is -1.80. The minimum Gasteiger partial charge on any atom is -0.477 e. The van der Waals surface area contributed by atoms with Gasteiger partial charge in [-0.3, -0.25) is 14.5 Å². The maximum Gasteiger partial charge on any atom is 0.352 e. The lowest BCUT2D eigenvalue weighted by atomic mass is 10.0. The molecule has 3 rings (SSSR count). The molecular weight excluding hydrogens is 438 g/mol. The number of hydrogen-bond donors (Lipinski definition) is 3. The molecule has 10 nitrogen and oxygen atoms in total. The SMILES string of the molecule is C=CC1=C(C(=O)O)N2C(=O)C(NC(=O)C(=NOCSC)c3csc(N)n3)[C@H]2SC1. The van der Waals surface area contributed by atoms with Crippen LogP contribution >= 0.6 is 34.9 Å². The van der Waals surface area contributed by atoms with Gasteiger partial charge < -0.3 is 21.0 Å². The Morgan fingerprint density at radius 2 is 2.38 bits per heavy atom. The molecule has 0 spiro atoms. The van der Waals surface area contributed by atoms with Crippen LogP contribution < -0.4 is 11.1 Å². The number of carboxylic acid groups (broad SMARTS) is 1. The second-order valence-electron chi connectivity index (χ2n) is 5.79. The van der Waals surface area contributed by atoms with Crippen LogP contribution in [0.2, 0.25) is 0 Å². The van der Waals surface area contributed by atoms with Gasteiger partial charge in [-0.05, 0) is 11.8 Å². The van der Waals surface area contributed by atoms with Gasteiger partial charge in [0.25, 0.3) is 11.8 Å². The summed E-state index contributed by atoms with van der Waals surface area (Å²) in [7, 11) is 0. The number of carboxylic acids is 1. The number of hydrogen-bond acceptors (Lipinski definition) is 10. The summed E-state index contributed by atoms with van der Waals surface area (Å²) in [5, 5.41) is 17.2. The molecule has 4 N–H and O–H groups in total. The highest BCUT2D eigenvalue weighted by atomic mass is 32.2. The van der Waals surface area contributed by atoms with Crippen LogP contribution in [0.25, 0.3) is 0 Å². The van der Waals surface area contributed by atoms with Crippen molar-refractivity contribution in [1.29, 1.82) is 0 Å². The molecule has 1 aromatic heterocycles. The van der Waals surface area contributed by atoms with Gasteiger partial charge in [0.2, 0.25) is 0 Å². The molecule has 0 aromatic carbocycles. The number of amides is 2. The first-order valence-electron chi connectivity index (χ1n) is 8.13. The number of nitrogens with zero attached hydrogens (tertiary/aromatic N) is 3. The van der Waals surface area contributed by atoms with E-state index >= 15 is 0 Å². The van der Waals surface area contributed by atoms with Crippen LogP contribution in [-0.4, -0.2) is 67.8 Å². The van der Waals surface area contributed by atoms with Crippen molar-refractivity contribution in [2.24, 2.45) is 5.16 Å². The summed E-state index contributed by atoms with van der Waals surface area (Å²) < 4.78 is 0. The second kappa shape index (κ2) is 8.88. The Morgan fingerprint density at radius 3 is 2.97 bits per heavy atom. The predicted molar refractivity (Wildman–Crippen MR) is 112 cm³/mol. The van der Waals surface area contributed by atoms with Crippen molar-refractivity contribution in [3.8, 4) is 0 Å². The summed E-state index contributed by atoms with van der Waals surface area (Å²) >= 11 is 3.85. The maximum atomic E-state index is 12.8. The van der Waals surface area contributed by atoms with Crippen LogP contribution in [-0.2, 0) is 19.2 Å². The molecule has 2 aliphatic rings. The smallest absolute Gasteiger partial charge is 0.352 e. The van der Waals surface area contributed by atoms with Crippen LogP contribution in [0.4, 0.5) is 5.13 Å². The highest BCUT2D eigenvalue weighted by molar-refractivity contribution is 8.00. The third-order valence-electron chi connectivity index (χ3n) is 4.04. The molecule has 0 saturated carbocycles. The number of thioether (sulfide) groups is 2. The standard InChI is InChI=1S/C16H17N5O5S3/c1-3-7-4-28-14-10(13(23)21(14)11(7)15(24)25)19-12(22)9(20-26-6-27-2)8-5-29-16(17)18-8/h3,5,10,14H,1,4,6H2,2H3,(H2,17,18)(H,19,22)(H,24,25)/t10?,14-/m1/s1. The molecule has 154 valence electrons. The van der Waals surface area contributed by atoms with Crippen LogP contribution in [0, 0.1) is 0 Å². The van der Waals surface area contributed by atoms with E-state index in [1.165, 1.54) is 34.5 Å². The van der Waals surface area contributed by atoms with Crippen LogP contribution in [0.3, 0.4) is 0 Å². The minimum atomic E-state index is -1.21. The molecule has 13 heteroatoms. The summed E-state index contributed by atoms with van der Waals surface area (Å²) in [4.78, 5) is 47.2. The van der Waals surface area contributed by atoms with E-state index in [1.807, 2.05) is 6.26 Å². The lowest BCUT2D eigenvalue weighted by Crippen LogP contribution is -2.71. The lowest BCUT2D eigenvalue weighted by molar-refractivity contribution is -0.150. The van der Waals surface area contributed by atoms with E-state index in [1.54, 1.807) is 5.38 Å². The fraction of sp³-hybridized carbons (Fsp3) is 0.312. The molecule has 0 bridgehead atoms. The first-order valence-corrected chi connectivity index (χ1v) is 11.5. The molecule has 2 amide bonds. The Hall–Kier alpha value is -2.51. The van der Waals surface area contributed by atoms with Gasteiger partial charge in [0.15, 0.2) is 16.8 Å². The molecule has 3 heterocycles. The van der Waals surface area contributed by atoms with Crippen LogP contribution in [0.5, 0.6) is 0 Å². The van der Waals surface area contributed by atoms with Gasteiger partial charge in [0, 0.05) is 11.1 Å². The number of carbonyl (C=O) groups is 3. The van der Waals surface area contributed by atoms with Crippen LogP contribution in [0.1, 0.15) is 5.69 Å². The van der Waals surface area contributed by atoms with E-state index in [0.717, 1.165) is 11.3 Å². The van der Waals surface area contributed by atoms with Crippen molar-refractivity contribution in [2.75, 3.05) is 23.7 Å². The number of oxime groups is 1. The topological polar surface area (TPSA) is 147 Å². The lowest BCUT2D eigenvalue weighted by Gasteiger charge is -2.49. The van der Waals surface area contributed by atoms with Crippen molar-refractivity contribution in [2.45, 2.75) is 11.4 Å². The number of aromatic nitrogens is 1. The highest BCUT2D eigenvalue weighted by Gasteiger charge is 2.54. The minimum absolute atomic E-state index is 0.108. The van der Waals surface area contributed by atoms with E-state index in [9.17, 15) is 19.5 Å². The fourth-order valence-electron chi connectivity index (χ4n) is 2.75. The van der Waals surface area contributed by atoms with Gasteiger partial charge in [0.05, 0.1) is 0 Å². The molecule has 0 radical (unpaired) electrons. The summed E-state index contributed by atoms with van der Waals surface area (Å²) in [5.41, 5.74) is 6.10. The summed E-state index contributed by atoms with van der Waals surface area (Å²) in [6, 6.07) is -0.894. The number of carbonyl (C=O) groups excluding carboxylic acids is 2. The first kappa shape index (κ1) is 21.2. The zero-order chi connectivity index (χ0) is 21.1. The van der Waals surface area contributed by atoms with Crippen molar-refractivity contribution < 1.29 is 24.3 Å². The Morgan fingerprint density at radius 1 is 1.62 bits per heavy atom. The largest absolute Gasteiger partial charge is 0.477 e. The van der Waals surface area contributed by atoms with E-state index in [2.05, 4.69) is 22.0 Å². The number of allylic oxidation sites excluding steroid dienone is 1. The molecular formula is C16H17N5O5S3. The number of fused-ring (bicyclic) bond motifs is 1. The maximum absolute atomic E-state index is 12.8. The molecule has 2 aliphatic heterocycles. The Bertz CT molecular complexity index is 928. The fourth-order valence-corrected chi connectivity index (χ4v) is 4.80. The van der Waals surface area contributed by atoms with Gasteiger partial charge in [0.1, 0.15) is 22.8 Å². The molecule has 1 saturated heterocycles. The van der Waals surface area contributed by atoms with Crippen molar-refractivity contribution in [3.63, 3.8) is 0 Å². The number of β-lactam (4-membered cyclic amide) rings is 1. The first-order chi connectivity index (χ1) is 13.9. The molecule has 29 heavy (non-hydrogen) atoms. The van der Waals surface area contributed by atoms with Crippen molar-refractivity contribution >= 4 is 63.5 Å². The molecule has 2 atom stereocenters. The van der Waals surface area contributed by atoms with E-state index < -0.39 is 29.2 Å². The Labute approximate surface area is 178 Å². The zero-order valence-corrected chi connectivity index (χ0v) is 17.6. The number of thiazole rings is 1. The number of anilines is 1. The predicted octanol–water partition coefficient (Wildman–Crippen LogP) is 0.691. The number of aliphatic carboxylic acids is 1. The van der Waals surface area contributed by atoms with E-state index in [4.69, 9.17) is 10.6 Å². The van der Waals surface area contributed by atoms with Gasteiger partial charge in [-0.2, -0.15) is 0 Å². The Balaban J connectivity index is 1.79. The molecule has 1 aromatic rings. The number of nitrogens with one attached hydrogen (secondary N) is 1. The Kier molecular flexibility index (Phi) is 6.49. The number of nitrogen functional groups attached to an aromatic ring is 1. The number of nitrogens with two attached hydrogens (primary N) is 1. The molecule has 1 fully saturated rings. The number of rotatable bonds is 8. The average Bonchev–Trinajstić information content (AvgIpc) is 3.13. The van der Waals surface area contributed by atoms with E-state index in [0.29, 0.717) is 11.3 Å². The quantitative estimate of drug-likeness (QED) is 0.169. The second-order valence-corrected chi connectivity index (χ2v) is 8.60. The zero-order valence-electron chi connectivity index (χ0n) is 15.2. The summed E-state index contributed by atoms with van der Waals surface area (Å²) in [6.45, 7) is 3.60. The summed E-state index contributed by atoms with van der Waals surface area (Å²) in [6.07, 6.45) is 3.23. The monoisotopic (exact) mass is 455 g/mol. The van der Waals surface area contributed by atoms with Crippen molar-refractivity contribution in [3.05, 3.63) is 35.0 Å². The normalized spacial score (nSPS) is 21.3. The van der Waals surface area contributed by atoms with Gasteiger partial charge in [-0.15, -0.1) is 34.9 Å². The third kappa shape index (κ3) is 4.11. The van der Waals surface area contributed by atoms with Crippen LogP contribution in [0.15, 0.2) is 34.5 Å². The molecule has 0 aliphatic carbocycles. The van der Waals surface area contributed by atoms with E-state index in [-0.39, 0.29) is 28.2 Å². The molecule has 1 unspecified atom stereocenters. The van der Waals surface area contributed by atoms with Gasteiger partial charge >= 0.3 is 5.97 Å². The third-order valence-corrected chi connectivity index (χ3v) is 6.36. The van der Waals surface area contributed by atoms with Crippen molar-refractivity contribution in [1.82, 2.24) is 15.2 Å². The average molecular weight is 456 g/mol. The van der Waals surface area contributed by atoms with Gasteiger partial charge in [-0.25, -0.2) is 9.78 Å². The van der Waals surface area contributed by atoms with Gasteiger partial charge in [-0.1, -0.05) is 17.8 Å². The highest BCUT2D eigenvalue weighted by Crippen LogP contribution is 2.40.